The summed E-state index contributed by atoms with van der Waals surface area (Å²) in [5.74, 6) is 3.39. The number of ether oxygens (including phenoxy) is 1. The van der Waals surface area contributed by atoms with Gasteiger partial charge in [-0.25, -0.2) is 0 Å². The summed E-state index contributed by atoms with van der Waals surface area (Å²) in [4.78, 5) is 0. The van der Waals surface area contributed by atoms with Crippen LogP contribution in [0, 0.1) is 17.8 Å². The second kappa shape index (κ2) is 8.24. The third kappa shape index (κ3) is 6.13. The lowest BCUT2D eigenvalue weighted by Crippen LogP contribution is -2.10. The summed E-state index contributed by atoms with van der Waals surface area (Å²) >= 11 is 0. The maximum absolute atomic E-state index is 5.48. The standard InChI is InChI=1S/C18H30O/c1-14(2)10-11-16(12-15(3)4)13-17-8-6-7-9-18(17)19-5/h6-9,14-16H,10-13H2,1-5H3. The zero-order valence-corrected chi connectivity index (χ0v) is 13.3. The third-order valence-corrected chi connectivity index (χ3v) is 3.66. The van der Waals surface area contributed by atoms with Gasteiger partial charge in [0.25, 0.3) is 0 Å². The van der Waals surface area contributed by atoms with Crippen molar-refractivity contribution in [2.24, 2.45) is 17.8 Å². The molecule has 0 saturated heterocycles. The highest BCUT2D eigenvalue weighted by molar-refractivity contribution is 5.33. The zero-order chi connectivity index (χ0) is 14.3. The molecule has 0 saturated carbocycles. The van der Waals surface area contributed by atoms with E-state index >= 15 is 0 Å². The Bertz CT molecular complexity index is 354. The summed E-state index contributed by atoms with van der Waals surface area (Å²) < 4.78 is 5.48. The minimum Gasteiger partial charge on any atom is -0.496 e. The molecule has 19 heavy (non-hydrogen) atoms. The molecule has 0 spiro atoms. The number of benzene rings is 1. The Morgan fingerprint density at radius 3 is 2.21 bits per heavy atom. The van der Waals surface area contributed by atoms with Crippen molar-refractivity contribution in [3.05, 3.63) is 29.8 Å². The van der Waals surface area contributed by atoms with E-state index in [4.69, 9.17) is 4.74 Å². The van der Waals surface area contributed by atoms with Crippen LogP contribution in [0.2, 0.25) is 0 Å². The minimum absolute atomic E-state index is 0.770. The molecule has 0 bridgehead atoms. The average Bonchev–Trinajstić information content (AvgIpc) is 2.36. The van der Waals surface area contributed by atoms with Crippen LogP contribution >= 0.6 is 0 Å². The fraction of sp³-hybridized carbons (Fsp3) is 0.667. The Hall–Kier alpha value is -0.980. The van der Waals surface area contributed by atoms with E-state index in [1.807, 2.05) is 6.07 Å². The van der Waals surface area contributed by atoms with Crippen molar-refractivity contribution in [2.45, 2.75) is 53.4 Å². The lowest BCUT2D eigenvalue weighted by atomic mass is 9.85. The van der Waals surface area contributed by atoms with Gasteiger partial charge in [0.05, 0.1) is 7.11 Å². The second-order valence-corrected chi connectivity index (χ2v) is 6.48. The highest BCUT2D eigenvalue weighted by atomic mass is 16.5. The van der Waals surface area contributed by atoms with Gasteiger partial charge >= 0.3 is 0 Å². The van der Waals surface area contributed by atoms with Crippen molar-refractivity contribution in [1.29, 1.82) is 0 Å². The molecule has 0 aliphatic carbocycles. The van der Waals surface area contributed by atoms with Gasteiger partial charge in [0.2, 0.25) is 0 Å². The third-order valence-electron chi connectivity index (χ3n) is 3.66. The van der Waals surface area contributed by atoms with Crippen LogP contribution < -0.4 is 4.74 Å². The topological polar surface area (TPSA) is 9.23 Å². The monoisotopic (exact) mass is 262 g/mol. The molecule has 0 amide bonds. The van der Waals surface area contributed by atoms with E-state index in [1.165, 1.54) is 24.8 Å². The van der Waals surface area contributed by atoms with Crippen molar-refractivity contribution < 1.29 is 4.74 Å². The molecular weight excluding hydrogens is 232 g/mol. The van der Waals surface area contributed by atoms with Gasteiger partial charge in [-0.1, -0.05) is 52.3 Å². The minimum atomic E-state index is 0.770. The van der Waals surface area contributed by atoms with E-state index in [1.54, 1.807) is 7.11 Å². The van der Waals surface area contributed by atoms with Crippen LogP contribution in [0.5, 0.6) is 5.75 Å². The summed E-state index contributed by atoms with van der Waals surface area (Å²) in [6.07, 6.45) is 5.11. The van der Waals surface area contributed by atoms with Gasteiger partial charge in [0, 0.05) is 0 Å². The number of rotatable bonds is 8. The zero-order valence-electron chi connectivity index (χ0n) is 13.3. The fourth-order valence-corrected chi connectivity index (χ4v) is 2.72. The van der Waals surface area contributed by atoms with E-state index in [9.17, 15) is 0 Å². The van der Waals surface area contributed by atoms with Gasteiger partial charge < -0.3 is 4.74 Å². The number of methoxy groups -OCH3 is 1. The predicted molar refractivity (Wildman–Crippen MR) is 83.7 cm³/mol. The first-order valence-electron chi connectivity index (χ1n) is 7.64. The largest absolute Gasteiger partial charge is 0.496 e. The SMILES string of the molecule is COc1ccccc1CC(CCC(C)C)CC(C)C. The van der Waals surface area contributed by atoms with E-state index in [-0.39, 0.29) is 0 Å². The van der Waals surface area contributed by atoms with Crippen LogP contribution in [0.4, 0.5) is 0 Å². The lowest BCUT2D eigenvalue weighted by molar-refractivity contribution is 0.346. The van der Waals surface area contributed by atoms with Gasteiger partial charge in [0.1, 0.15) is 5.75 Å². The van der Waals surface area contributed by atoms with Gasteiger partial charge in [-0.15, -0.1) is 0 Å². The van der Waals surface area contributed by atoms with Crippen molar-refractivity contribution in [3.8, 4) is 5.75 Å². The molecule has 0 aliphatic rings. The molecule has 1 atom stereocenters. The van der Waals surface area contributed by atoms with Gasteiger partial charge in [0.15, 0.2) is 0 Å². The first-order chi connectivity index (χ1) is 9.02. The fourth-order valence-electron chi connectivity index (χ4n) is 2.72. The number of hydrogen-bond donors (Lipinski definition) is 0. The molecule has 1 nitrogen and oxygen atoms in total. The molecule has 1 unspecified atom stereocenters. The quantitative estimate of drug-likeness (QED) is 0.614. The van der Waals surface area contributed by atoms with E-state index < -0.39 is 0 Å². The molecule has 1 rings (SSSR count). The number of para-hydroxylation sites is 1. The summed E-state index contributed by atoms with van der Waals surface area (Å²) in [5, 5.41) is 0. The van der Waals surface area contributed by atoms with E-state index in [0.29, 0.717) is 0 Å². The van der Waals surface area contributed by atoms with Crippen LogP contribution in [0.25, 0.3) is 0 Å². The van der Waals surface area contributed by atoms with Gasteiger partial charge in [-0.3, -0.25) is 0 Å². The van der Waals surface area contributed by atoms with Crippen LogP contribution in [-0.4, -0.2) is 7.11 Å². The Kier molecular flexibility index (Phi) is 6.97. The Labute approximate surface area is 119 Å². The molecule has 0 heterocycles. The lowest BCUT2D eigenvalue weighted by Gasteiger charge is -2.21. The van der Waals surface area contributed by atoms with Crippen LogP contribution in [0.15, 0.2) is 24.3 Å². The van der Waals surface area contributed by atoms with Crippen LogP contribution in [-0.2, 0) is 6.42 Å². The summed E-state index contributed by atoms with van der Waals surface area (Å²) in [5.41, 5.74) is 1.36. The molecular formula is C18H30O. The van der Waals surface area contributed by atoms with Crippen molar-refractivity contribution in [2.75, 3.05) is 7.11 Å². The Morgan fingerprint density at radius 1 is 0.947 bits per heavy atom. The molecule has 108 valence electrons. The average molecular weight is 262 g/mol. The molecule has 0 aliphatic heterocycles. The van der Waals surface area contributed by atoms with Crippen LogP contribution in [0.1, 0.15) is 52.5 Å². The maximum atomic E-state index is 5.48. The van der Waals surface area contributed by atoms with Gasteiger partial charge in [-0.2, -0.15) is 0 Å². The maximum Gasteiger partial charge on any atom is 0.122 e. The summed E-state index contributed by atoms with van der Waals surface area (Å²) in [7, 11) is 1.77. The second-order valence-electron chi connectivity index (χ2n) is 6.48. The molecule has 0 fully saturated rings. The first-order valence-corrected chi connectivity index (χ1v) is 7.64. The summed E-state index contributed by atoms with van der Waals surface area (Å²) in [6.45, 7) is 9.28. The van der Waals surface area contributed by atoms with Crippen molar-refractivity contribution in [3.63, 3.8) is 0 Å². The molecule has 1 aromatic carbocycles. The Balaban J connectivity index is 2.69. The van der Waals surface area contributed by atoms with E-state index in [2.05, 4.69) is 45.9 Å². The first kappa shape index (κ1) is 16.1. The van der Waals surface area contributed by atoms with Crippen molar-refractivity contribution >= 4 is 0 Å². The highest BCUT2D eigenvalue weighted by Gasteiger charge is 2.14. The van der Waals surface area contributed by atoms with Crippen molar-refractivity contribution in [1.82, 2.24) is 0 Å². The van der Waals surface area contributed by atoms with Crippen LogP contribution in [0.3, 0.4) is 0 Å². The summed E-state index contributed by atoms with van der Waals surface area (Å²) in [6, 6.07) is 8.45. The molecule has 0 radical (unpaired) electrons. The number of hydrogen-bond acceptors (Lipinski definition) is 1. The Morgan fingerprint density at radius 2 is 1.63 bits per heavy atom. The molecule has 0 N–H and O–H groups in total. The molecule has 0 aromatic heterocycles. The smallest absolute Gasteiger partial charge is 0.122 e. The molecule has 1 heteroatoms. The van der Waals surface area contributed by atoms with E-state index in [0.717, 1.165) is 29.9 Å². The predicted octanol–water partition coefficient (Wildman–Crippen LogP) is 5.34. The molecule has 1 aromatic rings. The normalized spacial score (nSPS) is 13.0. The van der Waals surface area contributed by atoms with Gasteiger partial charge in [-0.05, 0) is 48.6 Å². The highest BCUT2D eigenvalue weighted by Crippen LogP contribution is 2.27.